The van der Waals surface area contributed by atoms with E-state index in [0.29, 0.717) is 16.9 Å². The predicted octanol–water partition coefficient (Wildman–Crippen LogP) is -4.36. The van der Waals surface area contributed by atoms with Crippen molar-refractivity contribution < 1.29 is 44.8 Å². The second-order valence-corrected chi connectivity index (χ2v) is 8.57. The Labute approximate surface area is 202 Å². The van der Waals surface area contributed by atoms with E-state index in [1.54, 1.807) is 0 Å². The molecule has 2 fully saturated rings. The van der Waals surface area contributed by atoms with Crippen molar-refractivity contribution in [2.24, 2.45) is 0 Å². The molecule has 5 rings (SSSR count). The van der Waals surface area contributed by atoms with Crippen molar-refractivity contribution >= 4 is 17.0 Å². The van der Waals surface area contributed by atoms with E-state index in [1.165, 1.54) is 28.1 Å². The van der Waals surface area contributed by atoms with Crippen molar-refractivity contribution in [3.63, 3.8) is 0 Å². The third-order valence-corrected chi connectivity index (χ3v) is 6.20. The second kappa shape index (κ2) is 9.88. The topological polar surface area (TPSA) is 249 Å². The first-order valence-electron chi connectivity index (χ1n) is 11.0. The highest BCUT2D eigenvalue weighted by Crippen LogP contribution is 2.32. The summed E-state index contributed by atoms with van der Waals surface area (Å²) in [4.78, 5) is 12.1. The first-order valence-corrected chi connectivity index (χ1v) is 11.0. The molecule has 8 N–H and O–H groups in total. The number of imidazole rings is 1. The van der Waals surface area contributed by atoms with Gasteiger partial charge in [0, 0.05) is 0 Å². The van der Waals surface area contributed by atoms with Gasteiger partial charge in [0.15, 0.2) is 24.0 Å². The summed E-state index contributed by atoms with van der Waals surface area (Å²) in [6.07, 6.45) is -7.25. The number of nitrogens with zero attached hydrogens (tertiary/aromatic N) is 7. The van der Waals surface area contributed by atoms with Crippen LogP contribution >= 0.6 is 0 Å². The monoisotopic (exact) mass is 510 g/mol. The summed E-state index contributed by atoms with van der Waals surface area (Å²) in [6, 6.07) is 0. The van der Waals surface area contributed by atoms with Gasteiger partial charge in [-0.2, -0.15) is 0 Å². The molecule has 0 aromatic carbocycles. The smallest absolute Gasteiger partial charge is 0.187 e. The fourth-order valence-electron chi connectivity index (χ4n) is 4.22. The summed E-state index contributed by atoms with van der Waals surface area (Å²) >= 11 is 0. The number of ether oxygens (including phenoxy) is 3. The molecule has 9 atom stereocenters. The molecule has 0 saturated carbocycles. The number of aliphatic hydroxyl groups excluding tert-OH is 6. The molecule has 17 heteroatoms. The fourth-order valence-corrected chi connectivity index (χ4v) is 4.22. The fraction of sp³-hybridized carbons (Fsp3) is 0.632. The van der Waals surface area contributed by atoms with Gasteiger partial charge in [-0.05, 0) is 0 Å². The number of nitrogens with two attached hydrogens (primary N) is 1. The Morgan fingerprint density at radius 3 is 2.50 bits per heavy atom. The molecule has 36 heavy (non-hydrogen) atoms. The van der Waals surface area contributed by atoms with E-state index in [4.69, 9.17) is 19.9 Å². The Balaban J connectivity index is 1.21. The minimum atomic E-state index is -1.56. The summed E-state index contributed by atoms with van der Waals surface area (Å²) < 4.78 is 19.4. The van der Waals surface area contributed by atoms with Gasteiger partial charge in [-0.3, -0.25) is 4.57 Å². The Bertz CT molecular complexity index is 1190. The van der Waals surface area contributed by atoms with E-state index in [2.05, 4.69) is 25.3 Å². The highest BCUT2D eigenvalue weighted by atomic mass is 16.7. The van der Waals surface area contributed by atoms with Gasteiger partial charge in [-0.25, -0.2) is 19.6 Å². The number of anilines is 1. The SMILES string of the molecule is Nc1ncnc2c1ncn2[C@@H]1O[C@H](Cn2cc(CO[C@H]3O[C@H](CO)[C@H](O)[C@H](O)[C@H]3O)nn2)[C@@H](O)[C@H]1O. The average molecular weight is 510 g/mol. The maximum atomic E-state index is 10.6. The lowest BCUT2D eigenvalue weighted by atomic mass is 9.99. The van der Waals surface area contributed by atoms with Crippen molar-refractivity contribution in [3.8, 4) is 0 Å². The number of hydrogen-bond donors (Lipinski definition) is 7. The number of aromatic nitrogens is 7. The van der Waals surface area contributed by atoms with Gasteiger partial charge >= 0.3 is 0 Å². The Kier molecular flexibility index (Phi) is 6.81. The molecule has 196 valence electrons. The molecule has 2 aliphatic rings. The zero-order chi connectivity index (χ0) is 25.6. The van der Waals surface area contributed by atoms with Crippen LogP contribution in [0.1, 0.15) is 11.9 Å². The normalized spacial score (nSPS) is 35.0. The average Bonchev–Trinajstić information content (AvgIpc) is 3.57. The quantitative estimate of drug-likeness (QED) is 0.159. The molecule has 2 aliphatic heterocycles. The van der Waals surface area contributed by atoms with Gasteiger partial charge in [0.2, 0.25) is 0 Å². The molecule has 0 radical (unpaired) electrons. The third kappa shape index (κ3) is 4.40. The molecular formula is C19H26N8O9. The summed E-state index contributed by atoms with van der Waals surface area (Å²) in [6.45, 7) is -0.720. The number of rotatable bonds is 7. The molecule has 0 aliphatic carbocycles. The highest BCUT2D eigenvalue weighted by molar-refractivity contribution is 5.81. The van der Waals surface area contributed by atoms with Gasteiger partial charge in [0.05, 0.1) is 32.3 Å². The van der Waals surface area contributed by atoms with Crippen molar-refractivity contribution in [3.05, 3.63) is 24.5 Å². The second-order valence-electron chi connectivity index (χ2n) is 8.57. The van der Waals surface area contributed by atoms with Crippen LogP contribution in [-0.2, 0) is 27.4 Å². The number of aliphatic hydroxyl groups is 6. The van der Waals surface area contributed by atoms with Crippen LogP contribution in [0.2, 0.25) is 0 Å². The summed E-state index contributed by atoms with van der Waals surface area (Å²) in [5.74, 6) is 0.171. The molecule has 5 heterocycles. The number of fused-ring (bicyclic) bond motifs is 1. The minimum Gasteiger partial charge on any atom is -0.394 e. The van der Waals surface area contributed by atoms with Crippen molar-refractivity contribution in [1.82, 2.24) is 34.5 Å². The van der Waals surface area contributed by atoms with Gasteiger partial charge in [0.25, 0.3) is 0 Å². The Hall–Kier alpha value is -2.87. The summed E-state index contributed by atoms with van der Waals surface area (Å²) in [5, 5.41) is 68.1. The lowest BCUT2D eigenvalue weighted by molar-refractivity contribution is -0.304. The Morgan fingerprint density at radius 1 is 0.944 bits per heavy atom. The highest BCUT2D eigenvalue weighted by Gasteiger charge is 2.45. The standard InChI is InChI=1S/C19H26N8O9/c20-16-10-17(22-5-21-16)27(6-23-10)18-14(32)11(29)8(35-18)2-26-1-7(24-25-26)4-34-19-15(33)13(31)12(30)9(3-28)36-19/h1,5-6,8-9,11-15,18-19,28-33H,2-4H2,(H2,20,21,22)/t8-,9-,11-,12+,13+,14-,15-,18-,19+/m1/s1. The molecule has 3 aromatic heterocycles. The first-order chi connectivity index (χ1) is 17.3. The number of nitrogen functional groups attached to an aromatic ring is 1. The largest absolute Gasteiger partial charge is 0.394 e. The third-order valence-electron chi connectivity index (χ3n) is 6.20. The van der Waals surface area contributed by atoms with Gasteiger partial charge in [0.1, 0.15) is 60.3 Å². The van der Waals surface area contributed by atoms with E-state index in [0.717, 1.165) is 0 Å². The maximum absolute atomic E-state index is 10.6. The first kappa shape index (κ1) is 24.8. The van der Waals surface area contributed by atoms with Crippen LogP contribution in [0.15, 0.2) is 18.9 Å². The van der Waals surface area contributed by atoms with Crippen LogP contribution in [0, 0.1) is 0 Å². The zero-order valence-electron chi connectivity index (χ0n) is 18.7. The minimum absolute atomic E-state index is 0.0333. The number of hydrogen-bond acceptors (Lipinski definition) is 15. The zero-order valence-corrected chi connectivity index (χ0v) is 18.7. The van der Waals surface area contributed by atoms with Crippen molar-refractivity contribution in [2.75, 3.05) is 12.3 Å². The molecule has 0 amide bonds. The van der Waals surface area contributed by atoms with Gasteiger partial charge in [-0.15, -0.1) is 5.10 Å². The van der Waals surface area contributed by atoms with Gasteiger partial charge in [-0.1, -0.05) is 5.21 Å². The van der Waals surface area contributed by atoms with Gasteiger partial charge < -0.3 is 50.6 Å². The molecule has 0 spiro atoms. The maximum Gasteiger partial charge on any atom is 0.187 e. The summed E-state index contributed by atoms with van der Waals surface area (Å²) in [5.41, 5.74) is 6.81. The van der Waals surface area contributed by atoms with Crippen LogP contribution < -0.4 is 5.73 Å². The van der Waals surface area contributed by atoms with E-state index < -0.39 is 61.9 Å². The molecule has 0 bridgehead atoms. The molecular weight excluding hydrogens is 484 g/mol. The van der Waals surface area contributed by atoms with Crippen LogP contribution in [-0.4, -0.2) is 121 Å². The van der Waals surface area contributed by atoms with E-state index in [-0.39, 0.29) is 19.0 Å². The molecule has 2 saturated heterocycles. The lowest BCUT2D eigenvalue weighted by Crippen LogP contribution is -2.59. The van der Waals surface area contributed by atoms with Crippen LogP contribution in [0.5, 0.6) is 0 Å². The Morgan fingerprint density at radius 2 is 1.72 bits per heavy atom. The molecule has 3 aromatic rings. The van der Waals surface area contributed by atoms with Crippen molar-refractivity contribution in [2.45, 2.75) is 68.4 Å². The molecule has 17 nitrogen and oxygen atoms in total. The summed E-state index contributed by atoms with van der Waals surface area (Å²) in [7, 11) is 0. The van der Waals surface area contributed by atoms with E-state index >= 15 is 0 Å². The van der Waals surface area contributed by atoms with Crippen molar-refractivity contribution in [1.29, 1.82) is 0 Å². The van der Waals surface area contributed by atoms with E-state index in [9.17, 15) is 30.6 Å². The predicted molar refractivity (Wildman–Crippen MR) is 114 cm³/mol. The lowest BCUT2D eigenvalue weighted by Gasteiger charge is -2.39. The van der Waals surface area contributed by atoms with E-state index in [1.807, 2.05) is 0 Å². The van der Waals surface area contributed by atoms with Crippen LogP contribution in [0.3, 0.4) is 0 Å². The molecule has 0 unspecified atom stereocenters. The van der Waals surface area contributed by atoms with Crippen LogP contribution in [0.25, 0.3) is 11.2 Å². The van der Waals surface area contributed by atoms with Crippen LogP contribution in [0.4, 0.5) is 5.82 Å².